The average molecular weight is 357 g/mol. The highest BCUT2D eigenvalue weighted by atomic mass is 35.5. The summed E-state index contributed by atoms with van der Waals surface area (Å²) in [5, 5.41) is 3.14. The van der Waals surface area contributed by atoms with Crippen molar-refractivity contribution >= 4 is 34.0 Å². The highest BCUT2D eigenvalue weighted by Crippen LogP contribution is 2.37. The molecule has 0 saturated heterocycles. The number of aryl methyl sites for hydroxylation is 1. The SMILES string of the molecule is COc1ccc(-c2oc3nc(-c4cccs4)nc(Cl)c3c2C)cc1. The maximum absolute atomic E-state index is 6.41. The van der Waals surface area contributed by atoms with Crippen molar-refractivity contribution in [1.82, 2.24) is 9.97 Å². The summed E-state index contributed by atoms with van der Waals surface area (Å²) in [6.07, 6.45) is 0. The lowest BCUT2D eigenvalue weighted by atomic mass is 10.1. The standard InChI is InChI=1S/C18H13ClN2O2S/c1-10-14-16(19)20-17(13-4-3-9-24-13)21-18(14)23-15(10)11-5-7-12(22-2)8-6-11/h3-9H,1-2H3. The molecule has 0 fully saturated rings. The molecule has 0 amide bonds. The molecule has 6 heteroatoms. The molecule has 4 aromatic rings. The number of benzene rings is 1. The molecule has 0 bridgehead atoms. The van der Waals surface area contributed by atoms with Gasteiger partial charge in [0.2, 0.25) is 5.71 Å². The van der Waals surface area contributed by atoms with Crippen molar-refractivity contribution in [3.05, 3.63) is 52.5 Å². The molecule has 0 unspecified atom stereocenters. The molecule has 0 aliphatic rings. The molecule has 4 rings (SSSR count). The molecule has 0 saturated carbocycles. The smallest absolute Gasteiger partial charge is 0.232 e. The van der Waals surface area contributed by atoms with E-state index in [-0.39, 0.29) is 0 Å². The molecule has 0 atom stereocenters. The van der Waals surface area contributed by atoms with Gasteiger partial charge in [0.1, 0.15) is 16.7 Å². The molecule has 24 heavy (non-hydrogen) atoms. The summed E-state index contributed by atoms with van der Waals surface area (Å²) in [4.78, 5) is 9.92. The molecule has 0 N–H and O–H groups in total. The topological polar surface area (TPSA) is 48.2 Å². The van der Waals surface area contributed by atoms with Gasteiger partial charge in [0, 0.05) is 11.1 Å². The summed E-state index contributed by atoms with van der Waals surface area (Å²) in [6, 6.07) is 11.6. The van der Waals surface area contributed by atoms with Crippen LogP contribution in [0.15, 0.2) is 46.2 Å². The van der Waals surface area contributed by atoms with E-state index in [1.807, 2.05) is 48.7 Å². The molecule has 0 radical (unpaired) electrons. The van der Waals surface area contributed by atoms with Crippen LogP contribution in [0.25, 0.3) is 33.1 Å². The van der Waals surface area contributed by atoms with Crippen LogP contribution in [0.4, 0.5) is 0 Å². The van der Waals surface area contributed by atoms with E-state index in [1.165, 1.54) is 0 Å². The number of methoxy groups -OCH3 is 1. The van der Waals surface area contributed by atoms with E-state index in [0.717, 1.165) is 32.9 Å². The summed E-state index contributed by atoms with van der Waals surface area (Å²) >= 11 is 7.97. The van der Waals surface area contributed by atoms with E-state index in [0.29, 0.717) is 16.7 Å². The predicted octanol–water partition coefficient (Wildman–Crippen LogP) is 5.59. The third-order valence-corrected chi connectivity index (χ3v) is 4.98. The van der Waals surface area contributed by atoms with Crippen molar-refractivity contribution in [2.45, 2.75) is 6.92 Å². The maximum Gasteiger partial charge on any atom is 0.232 e. The fourth-order valence-corrected chi connectivity index (χ4v) is 3.58. The number of nitrogens with zero attached hydrogens (tertiary/aromatic N) is 2. The lowest BCUT2D eigenvalue weighted by Gasteiger charge is -2.01. The molecule has 1 aromatic carbocycles. The molecule has 0 aliphatic heterocycles. The number of hydrogen-bond donors (Lipinski definition) is 0. The van der Waals surface area contributed by atoms with Crippen molar-refractivity contribution in [2.75, 3.05) is 7.11 Å². The summed E-state index contributed by atoms with van der Waals surface area (Å²) < 4.78 is 11.2. The molecule has 120 valence electrons. The Balaban J connectivity index is 1.88. The number of rotatable bonds is 3. The second-order valence-corrected chi connectivity index (χ2v) is 6.59. The molecule has 4 nitrogen and oxygen atoms in total. The largest absolute Gasteiger partial charge is 0.497 e. The first-order valence-corrected chi connectivity index (χ1v) is 8.58. The van der Waals surface area contributed by atoms with E-state index < -0.39 is 0 Å². The van der Waals surface area contributed by atoms with Gasteiger partial charge in [-0.05, 0) is 42.6 Å². The van der Waals surface area contributed by atoms with Crippen molar-refractivity contribution < 1.29 is 9.15 Å². The van der Waals surface area contributed by atoms with Gasteiger partial charge in [-0.3, -0.25) is 0 Å². The zero-order valence-electron chi connectivity index (χ0n) is 13.0. The van der Waals surface area contributed by atoms with Crippen LogP contribution in [-0.2, 0) is 0 Å². The first-order chi connectivity index (χ1) is 11.7. The van der Waals surface area contributed by atoms with Crippen LogP contribution in [0.5, 0.6) is 5.75 Å². The second kappa shape index (κ2) is 5.92. The highest BCUT2D eigenvalue weighted by molar-refractivity contribution is 7.13. The first kappa shape index (κ1) is 15.2. The number of aromatic nitrogens is 2. The fourth-order valence-electron chi connectivity index (χ4n) is 2.62. The molecular weight excluding hydrogens is 344 g/mol. The van der Waals surface area contributed by atoms with Gasteiger partial charge < -0.3 is 9.15 Å². The highest BCUT2D eigenvalue weighted by Gasteiger charge is 2.19. The number of hydrogen-bond acceptors (Lipinski definition) is 5. The first-order valence-electron chi connectivity index (χ1n) is 7.32. The van der Waals surface area contributed by atoms with Crippen LogP contribution >= 0.6 is 22.9 Å². The Morgan fingerprint density at radius 1 is 1.12 bits per heavy atom. The number of ether oxygens (including phenoxy) is 1. The Labute approximate surface area is 147 Å². The second-order valence-electron chi connectivity index (χ2n) is 5.28. The number of furan rings is 1. The predicted molar refractivity (Wildman–Crippen MR) is 96.9 cm³/mol. The van der Waals surface area contributed by atoms with E-state index in [4.69, 9.17) is 20.8 Å². The van der Waals surface area contributed by atoms with Gasteiger partial charge in [0.25, 0.3) is 0 Å². The summed E-state index contributed by atoms with van der Waals surface area (Å²) in [5.41, 5.74) is 2.37. The van der Waals surface area contributed by atoms with Crippen LogP contribution < -0.4 is 4.74 Å². The van der Waals surface area contributed by atoms with Gasteiger partial charge >= 0.3 is 0 Å². The van der Waals surface area contributed by atoms with Crippen molar-refractivity contribution in [3.8, 4) is 27.8 Å². The molecule has 0 aliphatic carbocycles. The lowest BCUT2D eigenvalue weighted by Crippen LogP contribution is -1.88. The Kier molecular flexibility index (Phi) is 3.75. The average Bonchev–Trinajstić information content (AvgIpc) is 3.23. The summed E-state index contributed by atoms with van der Waals surface area (Å²) in [7, 11) is 1.64. The number of halogens is 1. The zero-order valence-corrected chi connectivity index (χ0v) is 14.6. The molecular formula is C18H13ClN2O2S. The van der Waals surface area contributed by atoms with Crippen molar-refractivity contribution in [2.24, 2.45) is 0 Å². The summed E-state index contributed by atoms with van der Waals surface area (Å²) in [6.45, 7) is 1.96. The minimum absolute atomic E-state index is 0.407. The quantitative estimate of drug-likeness (QED) is 0.449. The van der Waals surface area contributed by atoms with Crippen molar-refractivity contribution in [1.29, 1.82) is 0 Å². The zero-order chi connectivity index (χ0) is 16.7. The lowest BCUT2D eigenvalue weighted by molar-refractivity contribution is 0.415. The monoisotopic (exact) mass is 356 g/mol. The molecule has 3 heterocycles. The van der Waals surface area contributed by atoms with Gasteiger partial charge in [0.15, 0.2) is 5.82 Å². The Morgan fingerprint density at radius 3 is 2.58 bits per heavy atom. The molecule has 3 aromatic heterocycles. The van der Waals surface area contributed by atoms with Crippen LogP contribution in [0.3, 0.4) is 0 Å². The van der Waals surface area contributed by atoms with Crippen LogP contribution in [0.2, 0.25) is 5.15 Å². The minimum Gasteiger partial charge on any atom is -0.497 e. The third-order valence-electron chi connectivity index (χ3n) is 3.84. The summed E-state index contributed by atoms with van der Waals surface area (Å²) in [5.74, 6) is 2.12. The molecule has 0 spiro atoms. The Morgan fingerprint density at radius 2 is 1.92 bits per heavy atom. The minimum atomic E-state index is 0.407. The number of thiophene rings is 1. The van der Waals surface area contributed by atoms with Crippen LogP contribution in [0.1, 0.15) is 5.56 Å². The van der Waals surface area contributed by atoms with Gasteiger partial charge in [-0.2, -0.15) is 4.98 Å². The van der Waals surface area contributed by atoms with Crippen molar-refractivity contribution in [3.63, 3.8) is 0 Å². The fraction of sp³-hybridized carbons (Fsp3) is 0.111. The van der Waals surface area contributed by atoms with E-state index in [9.17, 15) is 0 Å². The van der Waals surface area contributed by atoms with E-state index in [1.54, 1.807) is 18.4 Å². The van der Waals surface area contributed by atoms with Crippen LogP contribution in [-0.4, -0.2) is 17.1 Å². The van der Waals surface area contributed by atoms with E-state index in [2.05, 4.69) is 9.97 Å². The maximum atomic E-state index is 6.41. The van der Waals surface area contributed by atoms with Gasteiger partial charge in [-0.15, -0.1) is 11.3 Å². The Bertz CT molecular complexity index is 1010. The number of fused-ring (bicyclic) bond motifs is 1. The Hall–Kier alpha value is -2.37. The van der Waals surface area contributed by atoms with E-state index >= 15 is 0 Å². The van der Waals surface area contributed by atoms with Gasteiger partial charge in [0.05, 0.1) is 17.4 Å². The third kappa shape index (κ3) is 2.46. The van der Waals surface area contributed by atoms with Gasteiger partial charge in [-0.25, -0.2) is 4.98 Å². The van der Waals surface area contributed by atoms with Gasteiger partial charge in [-0.1, -0.05) is 17.7 Å². The van der Waals surface area contributed by atoms with Crippen LogP contribution in [0, 0.1) is 6.92 Å². The normalized spacial score (nSPS) is 11.1.